The number of aromatic nitrogens is 1. The van der Waals surface area contributed by atoms with Gasteiger partial charge in [-0.2, -0.15) is 0 Å². The average molecular weight is 330 g/mol. The summed E-state index contributed by atoms with van der Waals surface area (Å²) in [6.45, 7) is 0. The fourth-order valence-electron chi connectivity index (χ4n) is 2.30. The molecule has 0 aliphatic carbocycles. The Morgan fingerprint density at radius 1 is 1.08 bits per heavy atom. The first kappa shape index (κ1) is 15.7. The lowest BCUT2D eigenvalue weighted by molar-refractivity contribution is -0.112. The highest BCUT2D eigenvalue weighted by molar-refractivity contribution is 6.48. The lowest BCUT2D eigenvalue weighted by atomic mass is 10.1. The van der Waals surface area contributed by atoms with Crippen LogP contribution < -0.4 is 10.1 Å². The van der Waals surface area contributed by atoms with Crippen LogP contribution in [0.15, 0.2) is 42.6 Å². The Labute approximate surface area is 135 Å². The normalized spacial score (nSPS) is 10.6. The number of methoxy groups -OCH3 is 1. The molecule has 1 amide bonds. The molecule has 0 spiro atoms. The zero-order valence-corrected chi connectivity index (χ0v) is 12.5. The van der Waals surface area contributed by atoms with Gasteiger partial charge < -0.3 is 15.0 Å². The molecule has 7 heteroatoms. The number of Topliss-reactive ketones (excluding diaryl/α,β-unsaturated/α-hetero) is 1. The van der Waals surface area contributed by atoms with Crippen molar-refractivity contribution >= 4 is 28.3 Å². The van der Waals surface area contributed by atoms with E-state index in [-0.39, 0.29) is 11.3 Å². The van der Waals surface area contributed by atoms with Gasteiger partial charge in [0.05, 0.1) is 12.7 Å². The molecule has 5 nitrogen and oxygen atoms in total. The summed E-state index contributed by atoms with van der Waals surface area (Å²) in [7, 11) is 1.49. The summed E-state index contributed by atoms with van der Waals surface area (Å²) >= 11 is 0. The third-order valence-corrected chi connectivity index (χ3v) is 3.52. The summed E-state index contributed by atoms with van der Waals surface area (Å²) in [5, 5.41) is 2.78. The minimum absolute atomic E-state index is 0.00956. The van der Waals surface area contributed by atoms with Gasteiger partial charge in [-0.3, -0.25) is 9.59 Å². The van der Waals surface area contributed by atoms with Crippen molar-refractivity contribution < 1.29 is 23.1 Å². The zero-order valence-electron chi connectivity index (χ0n) is 12.5. The number of ether oxygens (including phenoxy) is 1. The lowest BCUT2D eigenvalue weighted by Crippen LogP contribution is -2.22. The Balaban J connectivity index is 1.88. The maximum absolute atomic E-state index is 13.2. The number of anilines is 1. The third-order valence-electron chi connectivity index (χ3n) is 3.52. The standard InChI is InChI=1S/C17H12F2N2O3/c1-24-10-3-5-15-11(7-10)12(8-20-15)16(22)17(23)21-9-2-4-13(18)14(19)6-9/h2-8,20H,1H3,(H,21,23). The second kappa shape index (κ2) is 6.11. The summed E-state index contributed by atoms with van der Waals surface area (Å²) < 4.78 is 31.2. The highest BCUT2D eigenvalue weighted by Gasteiger charge is 2.21. The summed E-state index contributed by atoms with van der Waals surface area (Å²) in [6, 6.07) is 7.91. The minimum Gasteiger partial charge on any atom is -0.497 e. The van der Waals surface area contributed by atoms with Crippen LogP contribution >= 0.6 is 0 Å². The second-order valence-electron chi connectivity index (χ2n) is 5.03. The van der Waals surface area contributed by atoms with E-state index < -0.39 is 23.3 Å². The van der Waals surface area contributed by atoms with E-state index in [1.54, 1.807) is 18.2 Å². The van der Waals surface area contributed by atoms with Crippen molar-refractivity contribution in [3.63, 3.8) is 0 Å². The first-order valence-corrected chi connectivity index (χ1v) is 6.95. The molecule has 0 aliphatic rings. The van der Waals surface area contributed by atoms with Crippen LogP contribution in [-0.2, 0) is 4.79 Å². The van der Waals surface area contributed by atoms with Crippen LogP contribution in [0.5, 0.6) is 5.75 Å². The second-order valence-corrected chi connectivity index (χ2v) is 5.03. The number of halogens is 2. The van der Waals surface area contributed by atoms with Crippen LogP contribution in [0.1, 0.15) is 10.4 Å². The van der Waals surface area contributed by atoms with E-state index in [2.05, 4.69) is 10.3 Å². The van der Waals surface area contributed by atoms with E-state index >= 15 is 0 Å². The number of fused-ring (bicyclic) bond motifs is 1. The molecule has 3 rings (SSSR count). The molecular formula is C17H12F2N2O3. The first-order valence-electron chi connectivity index (χ1n) is 6.95. The third kappa shape index (κ3) is 2.83. The largest absolute Gasteiger partial charge is 0.497 e. The number of nitrogens with one attached hydrogen (secondary N) is 2. The molecule has 2 aromatic carbocycles. The van der Waals surface area contributed by atoms with Gasteiger partial charge in [0.1, 0.15) is 5.75 Å². The fourth-order valence-corrected chi connectivity index (χ4v) is 2.30. The highest BCUT2D eigenvalue weighted by Crippen LogP contribution is 2.24. The lowest BCUT2D eigenvalue weighted by Gasteiger charge is -2.05. The van der Waals surface area contributed by atoms with Gasteiger partial charge in [-0.15, -0.1) is 0 Å². The maximum Gasteiger partial charge on any atom is 0.296 e. The average Bonchev–Trinajstić information content (AvgIpc) is 3.00. The Bertz CT molecular complexity index is 950. The zero-order chi connectivity index (χ0) is 17.3. The summed E-state index contributed by atoms with van der Waals surface area (Å²) in [6.07, 6.45) is 1.41. The predicted molar refractivity (Wildman–Crippen MR) is 84.2 cm³/mol. The van der Waals surface area contributed by atoms with E-state index in [0.29, 0.717) is 16.7 Å². The van der Waals surface area contributed by atoms with Gasteiger partial charge in [0.2, 0.25) is 0 Å². The van der Waals surface area contributed by atoms with Crippen LogP contribution in [0.3, 0.4) is 0 Å². The van der Waals surface area contributed by atoms with Crippen molar-refractivity contribution in [1.29, 1.82) is 0 Å². The van der Waals surface area contributed by atoms with E-state index in [1.165, 1.54) is 19.4 Å². The number of rotatable bonds is 4. The molecular weight excluding hydrogens is 318 g/mol. The van der Waals surface area contributed by atoms with Crippen molar-refractivity contribution in [2.75, 3.05) is 12.4 Å². The summed E-state index contributed by atoms with van der Waals surface area (Å²) in [5.41, 5.74) is 0.813. The summed E-state index contributed by atoms with van der Waals surface area (Å²) in [4.78, 5) is 27.3. The molecule has 1 aromatic heterocycles. The van der Waals surface area contributed by atoms with Gasteiger partial charge in [-0.1, -0.05) is 0 Å². The number of aromatic amines is 1. The molecule has 0 fully saturated rings. The number of benzene rings is 2. The van der Waals surface area contributed by atoms with E-state index in [4.69, 9.17) is 4.74 Å². The van der Waals surface area contributed by atoms with Gasteiger partial charge in [0.25, 0.3) is 11.7 Å². The molecule has 0 radical (unpaired) electrons. The van der Waals surface area contributed by atoms with Gasteiger partial charge in [0.15, 0.2) is 11.6 Å². The smallest absolute Gasteiger partial charge is 0.296 e. The number of H-pyrrole nitrogens is 1. The molecule has 0 bridgehead atoms. The number of hydrogen-bond acceptors (Lipinski definition) is 3. The van der Waals surface area contributed by atoms with Crippen molar-refractivity contribution in [3.05, 3.63) is 59.8 Å². The molecule has 0 atom stereocenters. The first-order chi connectivity index (χ1) is 11.5. The Morgan fingerprint density at radius 3 is 2.58 bits per heavy atom. The van der Waals surface area contributed by atoms with Crippen molar-refractivity contribution in [3.8, 4) is 5.75 Å². The van der Waals surface area contributed by atoms with Crippen molar-refractivity contribution in [1.82, 2.24) is 4.98 Å². The van der Waals surface area contributed by atoms with E-state index in [1.807, 2.05) is 0 Å². The number of amides is 1. The van der Waals surface area contributed by atoms with Crippen molar-refractivity contribution in [2.24, 2.45) is 0 Å². The number of carbonyl (C=O) groups excluding carboxylic acids is 2. The molecule has 0 aliphatic heterocycles. The fraction of sp³-hybridized carbons (Fsp3) is 0.0588. The Hall–Kier alpha value is -3.22. The maximum atomic E-state index is 13.2. The molecule has 0 unspecified atom stereocenters. The molecule has 0 saturated heterocycles. The van der Waals surface area contributed by atoms with Crippen LogP contribution in [-0.4, -0.2) is 23.8 Å². The topological polar surface area (TPSA) is 71.2 Å². The van der Waals surface area contributed by atoms with E-state index in [9.17, 15) is 18.4 Å². The molecule has 122 valence electrons. The predicted octanol–water partition coefficient (Wildman–Crippen LogP) is 3.28. The summed E-state index contributed by atoms with van der Waals surface area (Å²) in [5.74, 6) is -3.37. The molecule has 24 heavy (non-hydrogen) atoms. The number of ketones is 1. The monoisotopic (exact) mass is 330 g/mol. The highest BCUT2D eigenvalue weighted by atomic mass is 19.2. The van der Waals surface area contributed by atoms with Gasteiger partial charge in [-0.05, 0) is 30.3 Å². The van der Waals surface area contributed by atoms with Gasteiger partial charge in [0, 0.05) is 28.9 Å². The quantitative estimate of drug-likeness (QED) is 0.570. The van der Waals surface area contributed by atoms with E-state index in [0.717, 1.165) is 12.1 Å². The number of hydrogen-bond donors (Lipinski definition) is 2. The molecule has 1 heterocycles. The van der Waals surface area contributed by atoms with Gasteiger partial charge >= 0.3 is 0 Å². The molecule has 0 saturated carbocycles. The van der Waals surface area contributed by atoms with Crippen LogP contribution in [0, 0.1) is 11.6 Å². The molecule has 3 aromatic rings. The Kier molecular flexibility index (Phi) is 3.99. The van der Waals surface area contributed by atoms with Crippen LogP contribution in [0.25, 0.3) is 10.9 Å². The van der Waals surface area contributed by atoms with Crippen molar-refractivity contribution in [2.45, 2.75) is 0 Å². The van der Waals surface area contributed by atoms with Gasteiger partial charge in [-0.25, -0.2) is 8.78 Å². The SMILES string of the molecule is COc1ccc2[nH]cc(C(=O)C(=O)Nc3ccc(F)c(F)c3)c2c1. The molecule has 2 N–H and O–H groups in total. The van der Waals surface area contributed by atoms with Crippen LogP contribution in [0.2, 0.25) is 0 Å². The Morgan fingerprint density at radius 2 is 1.88 bits per heavy atom. The van der Waals surface area contributed by atoms with Crippen LogP contribution in [0.4, 0.5) is 14.5 Å². The minimum atomic E-state index is -1.11. The number of carbonyl (C=O) groups is 2.